The molecule has 0 aromatic carbocycles. The van der Waals surface area contributed by atoms with E-state index in [2.05, 4.69) is 34.6 Å². The average molecular weight is 282 g/mol. The van der Waals surface area contributed by atoms with Crippen molar-refractivity contribution in [2.24, 2.45) is 10.8 Å². The van der Waals surface area contributed by atoms with Crippen molar-refractivity contribution in [2.45, 2.75) is 84.8 Å². The van der Waals surface area contributed by atoms with E-state index in [1.807, 2.05) is 6.92 Å². The van der Waals surface area contributed by atoms with E-state index >= 15 is 0 Å². The molecule has 1 aliphatic heterocycles. The van der Waals surface area contributed by atoms with Gasteiger partial charge in [-0.1, -0.05) is 41.0 Å². The number of hydrogen-bond donors (Lipinski definition) is 0. The Morgan fingerprint density at radius 1 is 1.05 bits per heavy atom. The molecular weight excluding hydrogens is 252 g/mol. The SMILES string of the molecule is CCCC1(C(=O)OCC)OC12CC(C)(C)CC(C)(C)C2. The van der Waals surface area contributed by atoms with Crippen LogP contribution >= 0.6 is 0 Å². The minimum absolute atomic E-state index is 0.143. The summed E-state index contributed by atoms with van der Waals surface area (Å²) in [7, 11) is 0. The average Bonchev–Trinajstić information content (AvgIpc) is 2.81. The molecule has 20 heavy (non-hydrogen) atoms. The predicted octanol–water partition coefficient (Wildman–Crippen LogP) is 4.09. The number of carbonyl (C=O) groups excluding carboxylic acids is 1. The molecule has 1 saturated heterocycles. The fraction of sp³-hybridized carbons (Fsp3) is 0.941. The van der Waals surface area contributed by atoms with Gasteiger partial charge >= 0.3 is 5.97 Å². The van der Waals surface area contributed by atoms with Gasteiger partial charge in [0.1, 0.15) is 5.60 Å². The highest BCUT2D eigenvalue weighted by Crippen LogP contribution is 2.66. The third-order valence-electron chi connectivity index (χ3n) is 4.76. The monoisotopic (exact) mass is 282 g/mol. The lowest BCUT2D eigenvalue weighted by atomic mass is 9.58. The zero-order valence-corrected chi connectivity index (χ0v) is 14.0. The predicted molar refractivity (Wildman–Crippen MR) is 79.5 cm³/mol. The fourth-order valence-electron chi connectivity index (χ4n) is 4.90. The zero-order valence-electron chi connectivity index (χ0n) is 14.0. The van der Waals surface area contributed by atoms with Gasteiger partial charge in [0.15, 0.2) is 5.60 Å². The number of esters is 1. The minimum atomic E-state index is -0.674. The summed E-state index contributed by atoms with van der Waals surface area (Å²) in [6, 6.07) is 0. The first kappa shape index (κ1) is 15.8. The topological polar surface area (TPSA) is 38.8 Å². The Labute approximate surface area is 123 Å². The van der Waals surface area contributed by atoms with Crippen LogP contribution in [0.3, 0.4) is 0 Å². The van der Waals surface area contributed by atoms with E-state index in [9.17, 15) is 4.79 Å². The molecule has 116 valence electrons. The molecule has 1 heterocycles. The van der Waals surface area contributed by atoms with Gasteiger partial charge in [-0.15, -0.1) is 0 Å². The summed E-state index contributed by atoms with van der Waals surface area (Å²) in [6.07, 6.45) is 4.82. The van der Waals surface area contributed by atoms with Crippen molar-refractivity contribution < 1.29 is 14.3 Å². The maximum absolute atomic E-state index is 12.5. The van der Waals surface area contributed by atoms with Crippen LogP contribution in [0.4, 0.5) is 0 Å². The van der Waals surface area contributed by atoms with Crippen molar-refractivity contribution in [3.05, 3.63) is 0 Å². The first-order chi connectivity index (χ1) is 9.12. The van der Waals surface area contributed by atoms with Crippen LogP contribution in [0.15, 0.2) is 0 Å². The lowest BCUT2D eigenvalue weighted by Crippen LogP contribution is -2.45. The van der Waals surface area contributed by atoms with Gasteiger partial charge in [0.05, 0.1) is 6.61 Å². The van der Waals surface area contributed by atoms with E-state index in [0.717, 1.165) is 25.7 Å². The second-order valence-electron chi connectivity index (χ2n) is 8.25. The van der Waals surface area contributed by atoms with Crippen molar-refractivity contribution >= 4 is 5.97 Å². The second kappa shape index (κ2) is 4.72. The van der Waals surface area contributed by atoms with Crippen LogP contribution in [0.2, 0.25) is 0 Å². The highest BCUT2D eigenvalue weighted by molar-refractivity contribution is 5.85. The molecule has 2 rings (SSSR count). The van der Waals surface area contributed by atoms with Crippen LogP contribution in [0.1, 0.15) is 73.6 Å². The molecule has 0 bridgehead atoms. The molecule has 0 N–H and O–H groups in total. The summed E-state index contributed by atoms with van der Waals surface area (Å²) in [4.78, 5) is 12.5. The second-order valence-corrected chi connectivity index (χ2v) is 8.25. The highest BCUT2D eigenvalue weighted by Gasteiger charge is 2.77. The molecule has 0 amide bonds. The molecular formula is C17H30O3. The van der Waals surface area contributed by atoms with E-state index in [1.54, 1.807) is 0 Å². The van der Waals surface area contributed by atoms with Crippen molar-refractivity contribution in [3.63, 3.8) is 0 Å². The number of ether oxygens (including phenoxy) is 2. The maximum Gasteiger partial charge on any atom is 0.341 e. The van der Waals surface area contributed by atoms with E-state index in [-0.39, 0.29) is 22.4 Å². The molecule has 0 aromatic rings. The molecule has 2 fully saturated rings. The third kappa shape index (κ3) is 2.49. The van der Waals surface area contributed by atoms with E-state index in [4.69, 9.17) is 9.47 Å². The van der Waals surface area contributed by atoms with Gasteiger partial charge in [0.25, 0.3) is 0 Å². The first-order valence-electron chi connectivity index (χ1n) is 7.99. The van der Waals surface area contributed by atoms with E-state index in [1.165, 1.54) is 6.42 Å². The molecule has 1 saturated carbocycles. The standard InChI is InChI=1S/C17H30O3/c1-7-9-17(13(18)19-8-2)16(20-17)11-14(3,4)10-15(5,6)12-16/h7-12H2,1-6H3. The lowest BCUT2D eigenvalue weighted by molar-refractivity contribution is -0.150. The van der Waals surface area contributed by atoms with Crippen LogP contribution in [0, 0.1) is 10.8 Å². The number of epoxide rings is 1. The van der Waals surface area contributed by atoms with E-state index < -0.39 is 5.60 Å². The molecule has 3 nitrogen and oxygen atoms in total. The number of hydrogen-bond acceptors (Lipinski definition) is 3. The van der Waals surface area contributed by atoms with Gasteiger partial charge in [-0.2, -0.15) is 0 Å². The van der Waals surface area contributed by atoms with Crippen molar-refractivity contribution in [1.82, 2.24) is 0 Å². The van der Waals surface area contributed by atoms with Crippen molar-refractivity contribution in [2.75, 3.05) is 6.61 Å². The highest BCUT2D eigenvalue weighted by atomic mass is 16.7. The van der Waals surface area contributed by atoms with Gasteiger partial charge in [-0.3, -0.25) is 0 Å². The summed E-state index contributed by atoms with van der Waals surface area (Å²) in [5.74, 6) is -0.143. The lowest BCUT2D eigenvalue weighted by Gasteiger charge is -2.44. The van der Waals surface area contributed by atoms with Gasteiger partial charge in [0, 0.05) is 0 Å². The summed E-state index contributed by atoms with van der Waals surface area (Å²) in [6.45, 7) is 13.6. The molecule has 1 atom stereocenters. The fourth-order valence-corrected chi connectivity index (χ4v) is 4.90. The zero-order chi connectivity index (χ0) is 15.2. The summed E-state index contributed by atoms with van der Waals surface area (Å²) < 4.78 is 11.5. The Kier molecular flexibility index (Phi) is 3.73. The summed E-state index contributed by atoms with van der Waals surface area (Å²) >= 11 is 0. The van der Waals surface area contributed by atoms with Crippen LogP contribution in [0.25, 0.3) is 0 Å². The Balaban J connectivity index is 2.29. The van der Waals surface area contributed by atoms with Gasteiger partial charge < -0.3 is 9.47 Å². The van der Waals surface area contributed by atoms with Crippen molar-refractivity contribution in [1.29, 1.82) is 0 Å². The quantitative estimate of drug-likeness (QED) is 0.576. The molecule has 1 aliphatic carbocycles. The Morgan fingerprint density at radius 2 is 1.60 bits per heavy atom. The molecule has 1 spiro atoms. The molecule has 3 heteroatoms. The summed E-state index contributed by atoms with van der Waals surface area (Å²) in [5, 5.41) is 0. The van der Waals surface area contributed by atoms with Crippen molar-refractivity contribution in [3.8, 4) is 0 Å². The van der Waals surface area contributed by atoms with Crippen LogP contribution < -0.4 is 0 Å². The first-order valence-corrected chi connectivity index (χ1v) is 7.99. The van der Waals surface area contributed by atoms with Crippen LogP contribution in [-0.4, -0.2) is 23.8 Å². The molecule has 1 unspecified atom stereocenters. The Hall–Kier alpha value is -0.570. The van der Waals surface area contributed by atoms with Gasteiger partial charge in [-0.25, -0.2) is 4.79 Å². The van der Waals surface area contributed by atoms with Crippen LogP contribution in [0.5, 0.6) is 0 Å². The van der Waals surface area contributed by atoms with Gasteiger partial charge in [0.2, 0.25) is 0 Å². The molecule has 0 aromatic heterocycles. The largest absolute Gasteiger partial charge is 0.464 e. The number of carbonyl (C=O) groups is 1. The van der Waals surface area contributed by atoms with Gasteiger partial charge in [-0.05, 0) is 43.4 Å². The number of rotatable bonds is 4. The summed E-state index contributed by atoms with van der Waals surface area (Å²) in [5.41, 5.74) is -0.541. The normalized spacial score (nSPS) is 32.9. The smallest absolute Gasteiger partial charge is 0.341 e. The maximum atomic E-state index is 12.5. The molecule has 2 aliphatic rings. The Bertz CT molecular complexity index is 381. The molecule has 0 radical (unpaired) electrons. The Morgan fingerprint density at radius 3 is 2.05 bits per heavy atom. The van der Waals surface area contributed by atoms with E-state index in [0.29, 0.717) is 6.61 Å². The minimum Gasteiger partial charge on any atom is -0.464 e. The third-order valence-corrected chi connectivity index (χ3v) is 4.76. The van der Waals surface area contributed by atoms with Crippen LogP contribution in [-0.2, 0) is 14.3 Å².